The number of hydrogen-bond acceptors (Lipinski definition) is 5. The van der Waals surface area contributed by atoms with Crippen LogP contribution in [0.3, 0.4) is 0 Å². The third kappa shape index (κ3) is 3.59. The number of benzene rings is 3. The van der Waals surface area contributed by atoms with Crippen molar-refractivity contribution in [1.29, 1.82) is 0 Å². The highest BCUT2D eigenvalue weighted by molar-refractivity contribution is 5.77. The molecule has 152 valence electrons. The van der Waals surface area contributed by atoms with E-state index in [9.17, 15) is 4.79 Å². The van der Waals surface area contributed by atoms with E-state index in [-0.39, 0.29) is 5.56 Å². The molecule has 0 aliphatic heterocycles. The molecule has 3 aromatic carbocycles. The first-order valence-corrected chi connectivity index (χ1v) is 9.50. The molecule has 1 heterocycles. The van der Waals surface area contributed by atoms with Gasteiger partial charge in [0.05, 0.1) is 37.9 Å². The van der Waals surface area contributed by atoms with Crippen LogP contribution in [0.4, 0.5) is 0 Å². The summed E-state index contributed by atoms with van der Waals surface area (Å²) in [6.07, 6.45) is 0.451. The van der Waals surface area contributed by atoms with Crippen LogP contribution in [0, 0.1) is 0 Å². The molecule has 0 bridgehead atoms. The van der Waals surface area contributed by atoms with Crippen molar-refractivity contribution < 1.29 is 14.2 Å². The SMILES string of the molecule is COc1ccc(-n2c(Cc3ccc(OC)c(OC)c3)nc3ccccc3c2=O)cc1. The minimum Gasteiger partial charge on any atom is -0.497 e. The number of hydrogen-bond donors (Lipinski definition) is 0. The van der Waals surface area contributed by atoms with Gasteiger partial charge in [0.15, 0.2) is 11.5 Å². The third-order valence-corrected chi connectivity index (χ3v) is 4.99. The van der Waals surface area contributed by atoms with Gasteiger partial charge < -0.3 is 14.2 Å². The van der Waals surface area contributed by atoms with Crippen LogP contribution in [0.5, 0.6) is 17.2 Å². The van der Waals surface area contributed by atoms with E-state index in [1.54, 1.807) is 32.0 Å². The van der Waals surface area contributed by atoms with E-state index in [0.29, 0.717) is 34.6 Å². The Morgan fingerprint density at radius 1 is 0.833 bits per heavy atom. The van der Waals surface area contributed by atoms with Crippen molar-refractivity contribution in [2.45, 2.75) is 6.42 Å². The van der Waals surface area contributed by atoms with E-state index < -0.39 is 0 Å². The second-order valence-electron chi connectivity index (χ2n) is 6.75. The van der Waals surface area contributed by atoms with Crippen molar-refractivity contribution in [3.05, 3.63) is 88.5 Å². The van der Waals surface area contributed by atoms with Gasteiger partial charge in [-0.25, -0.2) is 4.98 Å². The lowest BCUT2D eigenvalue weighted by atomic mass is 10.1. The van der Waals surface area contributed by atoms with Crippen LogP contribution in [0.15, 0.2) is 71.5 Å². The average molecular weight is 402 g/mol. The van der Waals surface area contributed by atoms with E-state index in [1.807, 2.05) is 60.7 Å². The van der Waals surface area contributed by atoms with Crippen LogP contribution in [0.2, 0.25) is 0 Å². The van der Waals surface area contributed by atoms with Crippen molar-refractivity contribution in [3.63, 3.8) is 0 Å². The zero-order valence-electron chi connectivity index (χ0n) is 17.1. The number of methoxy groups -OCH3 is 3. The summed E-state index contributed by atoms with van der Waals surface area (Å²) in [6.45, 7) is 0. The van der Waals surface area contributed by atoms with Gasteiger partial charge in [0.1, 0.15) is 11.6 Å². The van der Waals surface area contributed by atoms with Gasteiger partial charge in [0, 0.05) is 6.42 Å². The molecule has 6 heteroatoms. The first-order chi connectivity index (χ1) is 14.6. The van der Waals surface area contributed by atoms with Crippen LogP contribution < -0.4 is 19.8 Å². The van der Waals surface area contributed by atoms with Crippen molar-refractivity contribution in [3.8, 4) is 22.9 Å². The van der Waals surface area contributed by atoms with Gasteiger partial charge in [-0.1, -0.05) is 18.2 Å². The molecule has 0 unspecified atom stereocenters. The fourth-order valence-electron chi connectivity index (χ4n) is 3.47. The normalized spacial score (nSPS) is 10.8. The molecule has 0 fully saturated rings. The van der Waals surface area contributed by atoms with Gasteiger partial charge in [0.25, 0.3) is 5.56 Å². The Balaban J connectivity index is 1.88. The monoisotopic (exact) mass is 402 g/mol. The van der Waals surface area contributed by atoms with Gasteiger partial charge in [-0.3, -0.25) is 9.36 Å². The highest BCUT2D eigenvalue weighted by atomic mass is 16.5. The van der Waals surface area contributed by atoms with Crippen LogP contribution in [0.25, 0.3) is 16.6 Å². The van der Waals surface area contributed by atoms with Gasteiger partial charge in [-0.15, -0.1) is 0 Å². The Hall–Kier alpha value is -3.80. The van der Waals surface area contributed by atoms with Crippen molar-refractivity contribution >= 4 is 10.9 Å². The van der Waals surface area contributed by atoms with Crippen LogP contribution in [-0.4, -0.2) is 30.9 Å². The van der Waals surface area contributed by atoms with E-state index in [4.69, 9.17) is 19.2 Å². The Morgan fingerprint density at radius 3 is 2.27 bits per heavy atom. The largest absolute Gasteiger partial charge is 0.497 e. The van der Waals surface area contributed by atoms with Crippen LogP contribution in [0.1, 0.15) is 11.4 Å². The van der Waals surface area contributed by atoms with Gasteiger partial charge in [-0.05, 0) is 54.1 Å². The summed E-state index contributed by atoms with van der Waals surface area (Å²) in [5, 5.41) is 0.573. The lowest BCUT2D eigenvalue weighted by Gasteiger charge is -2.15. The number of rotatable bonds is 6. The molecule has 1 aromatic heterocycles. The predicted octanol–water partition coefficient (Wildman–Crippen LogP) is 4.00. The Labute approximate surface area is 174 Å². The average Bonchev–Trinajstić information content (AvgIpc) is 2.79. The second-order valence-corrected chi connectivity index (χ2v) is 6.75. The van der Waals surface area contributed by atoms with E-state index >= 15 is 0 Å². The van der Waals surface area contributed by atoms with Gasteiger partial charge >= 0.3 is 0 Å². The Kier molecular flexibility index (Phi) is 5.39. The highest BCUT2D eigenvalue weighted by Crippen LogP contribution is 2.28. The molecule has 4 rings (SSSR count). The summed E-state index contributed by atoms with van der Waals surface area (Å²) < 4.78 is 17.6. The molecular weight excluding hydrogens is 380 g/mol. The quantitative estimate of drug-likeness (QED) is 0.488. The first kappa shape index (κ1) is 19.5. The Bertz CT molecular complexity index is 1250. The third-order valence-electron chi connectivity index (χ3n) is 4.99. The smallest absolute Gasteiger partial charge is 0.265 e. The molecule has 0 aliphatic carbocycles. The predicted molar refractivity (Wildman–Crippen MR) is 116 cm³/mol. The second kappa shape index (κ2) is 8.29. The van der Waals surface area contributed by atoms with E-state index in [2.05, 4.69) is 0 Å². The molecule has 0 aliphatic rings. The molecular formula is C24H22N2O4. The highest BCUT2D eigenvalue weighted by Gasteiger charge is 2.14. The maximum Gasteiger partial charge on any atom is 0.265 e. The minimum atomic E-state index is -0.110. The molecule has 4 aromatic rings. The lowest BCUT2D eigenvalue weighted by Crippen LogP contribution is -2.24. The number of ether oxygens (including phenoxy) is 3. The van der Waals surface area contributed by atoms with Crippen molar-refractivity contribution in [1.82, 2.24) is 9.55 Å². The number of para-hydroxylation sites is 1. The molecule has 30 heavy (non-hydrogen) atoms. The molecule has 0 radical (unpaired) electrons. The number of aromatic nitrogens is 2. The maximum atomic E-state index is 13.4. The van der Waals surface area contributed by atoms with E-state index in [1.165, 1.54) is 0 Å². The zero-order valence-corrected chi connectivity index (χ0v) is 17.1. The molecule has 0 atom stereocenters. The molecule has 0 spiro atoms. The van der Waals surface area contributed by atoms with Crippen LogP contribution >= 0.6 is 0 Å². The number of fused-ring (bicyclic) bond motifs is 1. The fourth-order valence-corrected chi connectivity index (χ4v) is 3.47. The maximum absolute atomic E-state index is 13.4. The molecule has 0 saturated carbocycles. The standard InChI is InChI=1S/C24H22N2O4/c1-28-18-11-9-17(10-12-18)26-23(25-20-7-5-4-6-19(20)24(26)27)15-16-8-13-21(29-2)22(14-16)30-3/h4-14H,15H2,1-3H3. The van der Waals surface area contributed by atoms with Gasteiger partial charge in [0.2, 0.25) is 0 Å². The summed E-state index contributed by atoms with van der Waals surface area (Å²) in [5.41, 5.74) is 2.25. The fraction of sp³-hybridized carbons (Fsp3) is 0.167. The first-order valence-electron chi connectivity index (χ1n) is 9.50. The van der Waals surface area contributed by atoms with Crippen molar-refractivity contribution in [2.75, 3.05) is 21.3 Å². The molecule has 0 amide bonds. The molecule has 0 saturated heterocycles. The van der Waals surface area contributed by atoms with Gasteiger partial charge in [-0.2, -0.15) is 0 Å². The molecule has 6 nitrogen and oxygen atoms in total. The van der Waals surface area contributed by atoms with Crippen molar-refractivity contribution in [2.24, 2.45) is 0 Å². The Morgan fingerprint density at radius 2 is 1.57 bits per heavy atom. The molecule has 0 N–H and O–H groups in total. The summed E-state index contributed by atoms with van der Waals surface area (Å²) >= 11 is 0. The zero-order chi connectivity index (χ0) is 21.1. The summed E-state index contributed by atoms with van der Waals surface area (Å²) in [5.74, 6) is 2.65. The summed E-state index contributed by atoms with van der Waals surface area (Å²) in [4.78, 5) is 18.2. The lowest BCUT2D eigenvalue weighted by molar-refractivity contribution is 0.354. The van der Waals surface area contributed by atoms with E-state index in [0.717, 1.165) is 17.0 Å². The summed E-state index contributed by atoms with van der Waals surface area (Å²) in [7, 11) is 4.81. The van der Waals surface area contributed by atoms with Crippen LogP contribution in [-0.2, 0) is 6.42 Å². The number of nitrogens with zero attached hydrogens (tertiary/aromatic N) is 2. The topological polar surface area (TPSA) is 62.6 Å². The summed E-state index contributed by atoms with van der Waals surface area (Å²) in [6, 6.07) is 20.4. The minimum absolute atomic E-state index is 0.110.